The maximum Gasteiger partial charge on any atom is 0.314 e. The summed E-state index contributed by atoms with van der Waals surface area (Å²) in [6, 6.07) is -0.274. The molecule has 0 rings (SSSR count). The molecule has 0 spiro atoms. The number of carbonyl (C=O) groups is 2. The van der Waals surface area contributed by atoms with Crippen LogP contribution in [0.25, 0.3) is 0 Å². The molecule has 0 heterocycles. The molecule has 0 aromatic carbocycles. The third kappa shape index (κ3) is 5.40. The molecular weight excluding hydrogens is 184 g/mol. The fraction of sp³-hybridized carbons (Fsp3) is 0.778. The zero-order valence-corrected chi connectivity index (χ0v) is 8.92. The third-order valence-electron chi connectivity index (χ3n) is 1.87. The number of nitrogens with one attached hydrogen (secondary N) is 2. The largest absolute Gasteiger partial charge is 0.464 e. The van der Waals surface area contributed by atoms with E-state index in [-0.39, 0.29) is 24.5 Å². The van der Waals surface area contributed by atoms with Crippen LogP contribution in [0.1, 0.15) is 20.3 Å². The molecule has 0 aliphatic heterocycles. The molecule has 0 saturated carbocycles. The predicted molar refractivity (Wildman–Crippen MR) is 52.9 cm³/mol. The summed E-state index contributed by atoms with van der Waals surface area (Å²) in [6.45, 7) is 4.29. The van der Waals surface area contributed by atoms with E-state index in [9.17, 15) is 9.59 Å². The van der Waals surface area contributed by atoms with Crippen LogP contribution in [0.5, 0.6) is 0 Å². The number of esters is 1. The predicted octanol–water partition coefficient (Wildman–Crippen LogP) is 0.505. The van der Waals surface area contributed by atoms with Crippen molar-refractivity contribution in [2.45, 2.75) is 20.3 Å². The second-order valence-electron chi connectivity index (χ2n) is 2.98. The molecule has 2 N–H and O–H groups in total. The molecule has 0 radical (unpaired) electrons. The van der Waals surface area contributed by atoms with Crippen LogP contribution >= 0.6 is 0 Å². The van der Waals surface area contributed by atoms with Gasteiger partial charge in [-0.25, -0.2) is 4.79 Å². The highest BCUT2D eigenvalue weighted by Crippen LogP contribution is 2.02. The molecule has 0 aliphatic carbocycles. The van der Waals surface area contributed by atoms with Gasteiger partial charge in [0.1, 0.15) is 6.61 Å². The van der Waals surface area contributed by atoms with Gasteiger partial charge in [-0.3, -0.25) is 4.79 Å². The van der Waals surface area contributed by atoms with Crippen molar-refractivity contribution < 1.29 is 14.3 Å². The van der Waals surface area contributed by atoms with Crippen molar-refractivity contribution in [1.82, 2.24) is 10.6 Å². The summed E-state index contributed by atoms with van der Waals surface area (Å²) >= 11 is 0. The van der Waals surface area contributed by atoms with Gasteiger partial charge >= 0.3 is 12.0 Å². The number of urea groups is 1. The standard InChI is InChI=1S/C9H18N2O3/c1-4-7(2)8(12)14-6-5-11-9(13)10-3/h7H,4-6H2,1-3H3,(H2,10,11,13). The lowest BCUT2D eigenvalue weighted by Crippen LogP contribution is -2.35. The van der Waals surface area contributed by atoms with Gasteiger partial charge in [0.15, 0.2) is 0 Å². The molecule has 2 amide bonds. The summed E-state index contributed by atoms with van der Waals surface area (Å²) in [4.78, 5) is 21.8. The van der Waals surface area contributed by atoms with Gasteiger partial charge in [0.25, 0.3) is 0 Å². The topological polar surface area (TPSA) is 67.4 Å². The monoisotopic (exact) mass is 202 g/mol. The van der Waals surface area contributed by atoms with Crippen LogP contribution in [-0.4, -0.2) is 32.2 Å². The van der Waals surface area contributed by atoms with E-state index < -0.39 is 0 Å². The van der Waals surface area contributed by atoms with E-state index in [0.29, 0.717) is 6.54 Å². The van der Waals surface area contributed by atoms with E-state index >= 15 is 0 Å². The SMILES string of the molecule is CCC(C)C(=O)OCCNC(=O)NC. The number of hydrogen-bond acceptors (Lipinski definition) is 3. The summed E-state index contributed by atoms with van der Waals surface area (Å²) in [5, 5.41) is 4.91. The van der Waals surface area contributed by atoms with Crippen molar-refractivity contribution >= 4 is 12.0 Å². The average molecular weight is 202 g/mol. The lowest BCUT2D eigenvalue weighted by molar-refractivity contribution is -0.147. The Hall–Kier alpha value is -1.26. The highest BCUT2D eigenvalue weighted by molar-refractivity contribution is 5.73. The first kappa shape index (κ1) is 12.7. The maximum atomic E-state index is 11.1. The fourth-order valence-electron chi connectivity index (χ4n) is 0.713. The van der Waals surface area contributed by atoms with Gasteiger partial charge in [-0.05, 0) is 6.42 Å². The summed E-state index contributed by atoms with van der Waals surface area (Å²) in [5.41, 5.74) is 0. The van der Waals surface area contributed by atoms with Crippen LogP contribution in [0.15, 0.2) is 0 Å². The molecular formula is C9H18N2O3. The Morgan fingerprint density at radius 3 is 2.57 bits per heavy atom. The lowest BCUT2D eigenvalue weighted by Gasteiger charge is -2.09. The lowest BCUT2D eigenvalue weighted by atomic mass is 10.1. The van der Waals surface area contributed by atoms with Gasteiger partial charge in [-0.15, -0.1) is 0 Å². The van der Waals surface area contributed by atoms with Crippen LogP contribution in [-0.2, 0) is 9.53 Å². The Labute approximate surface area is 84.2 Å². The van der Waals surface area contributed by atoms with Crippen molar-refractivity contribution in [2.24, 2.45) is 5.92 Å². The maximum absolute atomic E-state index is 11.1. The number of rotatable bonds is 5. The quantitative estimate of drug-likeness (QED) is 0.504. The van der Waals surface area contributed by atoms with E-state index in [4.69, 9.17) is 4.74 Å². The first-order valence-corrected chi connectivity index (χ1v) is 4.74. The molecule has 82 valence electrons. The molecule has 0 aromatic heterocycles. The molecule has 1 unspecified atom stereocenters. The fourth-order valence-corrected chi connectivity index (χ4v) is 0.713. The molecule has 0 aromatic rings. The van der Waals surface area contributed by atoms with Gasteiger partial charge in [0, 0.05) is 7.05 Å². The minimum Gasteiger partial charge on any atom is -0.464 e. The van der Waals surface area contributed by atoms with Crippen molar-refractivity contribution in [2.75, 3.05) is 20.2 Å². The van der Waals surface area contributed by atoms with Gasteiger partial charge in [-0.2, -0.15) is 0 Å². The zero-order valence-electron chi connectivity index (χ0n) is 8.92. The van der Waals surface area contributed by atoms with Crippen molar-refractivity contribution in [3.05, 3.63) is 0 Å². The number of ether oxygens (including phenoxy) is 1. The Bertz CT molecular complexity index is 194. The Morgan fingerprint density at radius 1 is 1.43 bits per heavy atom. The molecule has 0 aliphatic rings. The van der Waals surface area contributed by atoms with E-state index in [0.717, 1.165) is 6.42 Å². The summed E-state index contributed by atoms with van der Waals surface area (Å²) in [5.74, 6) is -0.291. The molecule has 5 nitrogen and oxygen atoms in total. The van der Waals surface area contributed by atoms with Crippen LogP contribution < -0.4 is 10.6 Å². The van der Waals surface area contributed by atoms with Gasteiger partial charge in [0.2, 0.25) is 0 Å². The molecule has 5 heteroatoms. The van der Waals surface area contributed by atoms with Crippen molar-refractivity contribution in [3.63, 3.8) is 0 Å². The summed E-state index contributed by atoms with van der Waals surface area (Å²) in [6.07, 6.45) is 0.766. The van der Waals surface area contributed by atoms with Crippen LogP contribution in [0.2, 0.25) is 0 Å². The second-order valence-corrected chi connectivity index (χ2v) is 2.98. The highest BCUT2D eigenvalue weighted by atomic mass is 16.5. The van der Waals surface area contributed by atoms with Crippen LogP contribution in [0, 0.1) is 5.92 Å². The van der Waals surface area contributed by atoms with Crippen LogP contribution in [0.4, 0.5) is 4.79 Å². The summed E-state index contributed by atoms with van der Waals surface area (Å²) < 4.78 is 4.91. The first-order chi connectivity index (χ1) is 6.61. The molecule has 0 fully saturated rings. The van der Waals surface area contributed by atoms with Gasteiger partial charge in [0.05, 0.1) is 12.5 Å². The minimum atomic E-state index is -0.274. The van der Waals surface area contributed by atoms with E-state index in [1.54, 1.807) is 0 Å². The number of amides is 2. The highest BCUT2D eigenvalue weighted by Gasteiger charge is 2.11. The van der Waals surface area contributed by atoms with E-state index in [1.165, 1.54) is 7.05 Å². The van der Waals surface area contributed by atoms with Crippen molar-refractivity contribution in [3.8, 4) is 0 Å². The van der Waals surface area contributed by atoms with E-state index in [2.05, 4.69) is 10.6 Å². The summed E-state index contributed by atoms with van der Waals surface area (Å²) in [7, 11) is 1.53. The molecule has 0 saturated heterocycles. The van der Waals surface area contributed by atoms with Crippen LogP contribution in [0.3, 0.4) is 0 Å². The van der Waals surface area contributed by atoms with Gasteiger partial charge in [-0.1, -0.05) is 13.8 Å². The Balaban J connectivity index is 3.45. The molecule has 0 bridgehead atoms. The normalized spacial score (nSPS) is 11.6. The first-order valence-electron chi connectivity index (χ1n) is 4.74. The molecule has 1 atom stereocenters. The number of hydrogen-bond donors (Lipinski definition) is 2. The second kappa shape index (κ2) is 7.17. The average Bonchev–Trinajstić information content (AvgIpc) is 2.22. The van der Waals surface area contributed by atoms with Gasteiger partial charge < -0.3 is 15.4 Å². The smallest absolute Gasteiger partial charge is 0.314 e. The minimum absolute atomic E-state index is 0.0741. The molecule has 14 heavy (non-hydrogen) atoms. The Morgan fingerprint density at radius 2 is 2.07 bits per heavy atom. The Kier molecular flexibility index (Phi) is 6.53. The third-order valence-corrected chi connectivity index (χ3v) is 1.87. The van der Waals surface area contributed by atoms with E-state index in [1.807, 2.05) is 13.8 Å². The zero-order chi connectivity index (χ0) is 11.0. The van der Waals surface area contributed by atoms with Crippen molar-refractivity contribution in [1.29, 1.82) is 0 Å². The number of carbonyl (C=O) groups excluding carboxylic acids is 2.